The Kier molecular flexibility index (Phi) is 7.57. The molecule has 2 aromatic rings. The Labute approximate surface area is 202 Å². The highest BCUT2D eigenvalue weighted by Gasteiger charge is 2.49. The average Bonchev–Trinajstić information content (AvgIpc) is 2.96. The highest BCUT2D eigenvalue weighted by molar-refractivity contribution is 6.03. The largest absolute Gasteiger partial charge is 0.497 e. The summed E-state index contributed by atoms with van der Waals surface area (Å²) in [5, 5.41) is 10.2. The number of benzene rings is 2. The minimum absolute atomic E-state index is 0.302. The molecule has 6 nitrogen and oxygen atoms in total. The lowest BCUT2D eigenvalue weighted by Crippen LogP contribution is -2.61. The van der Waals surface area contributed by atoms with Crippen LogP contribution in [0.5, 0.6) is 5.75 Å². The first-order chi connectivity index (χ1) is 16.4. The van der Waals surface area contributed by atoms with Gasteiger partial charge in [-0.25, -0.2) is 0 Å². The van der Waals surface area contributed by atoms with Gasteiger partial charge in [0.1, 0.15) is 11.3 Å². The number of ether oxygens (including phenoxy) is 1. The second kappa shape index (κ2) is 10.6. The second-order valence-electron chi connectivity index (χ2n) is 9.88. The molecule has 34 heavy (non-hydrogen) atoms. The van der Waals surface area contributed by atoms with Crippen LogP contribution in [-0.4, -0.2) is 29.6 Å². The fourth-order valence-electron chi connectivity index (χ4n) is 5.67. The van der Waals surface area contributed by atoms with E-state index >= 15 is 0 Å². The molecule has 0 spiro atoms. The van der Waals surface area contributed by atoms with Gasteiger partial charge in [-0.1, -0.05) is 62.4 Å². The van der Waals surface area contributed by atoms with Gasteiger partial charge in [-0.15, -0.1) is 0 Å². The Bertz CT molecular complexity index is 1000. The van der Waals surface area contributed by atoms with E-state index in [1.807, 2.05) is 48.5 Å². The number of methoxy groups -OCH3 is 1. The minimum atomic E-state index is -1.45. The van der Waals surface area contributed by atoms with Crippen LogP contribution in [-0.2, 0) is 22.6 Å². The molecule has 0 saturated heterocycles. The smallest absolute Gasteiger partial charge is 0.308 e. The lowest BCUT2D eigenvalue weighted by atomic mass is 9.75. The highest BCUT2D eigenvalue weighted by Crippen LogP contribution is 2.38. The predicted octanol–water partition coefficient (Wildman–Crippen LogP) is 4.93. The average molecular weight is 465 g/mol. The van der Waals surface area contributed by atoms with Gasteiger partial charge in [-0.2, -0.15) is 0 Å². The molecule has 0 radical (unpaired) electrons. The predicted molar refractivity (Wildman–Crippen MR) is 133 cm³/mol. The number of fused-ring (bicyclic) bond motifs is 1. The molecule has 2 aromatic carbocycles. The zero-order valence-corrected chi connectivity index (χ0v) is 20.0. The van der Waals surface area contributed by atoms with Gasteiger partial charge in [0.2, 0.25) is 5.91 Å². The van der Waals surface area contributed by atoms with Crippen molar-refractivity contribution in [3.05, 3.63) is 59.7 Å². The van der Waals surface area contributed by atoms with Gasteiger partial charge in [0.15, 0.2) is 0 Å². The monoisotopic (exact) mass is 464 g/mol. The molecule has 1 unspecified atom stereocenters. The molecule has 1 fully saturated rings. The number of aryl methyl sites for hydroxylation is 1. The summed E-state index contributed by atoms with van der Waals surface area (Å²) in [7, 11) is 1.62. The SMILES string of the molecule is COc1ccc(CN2C(=O)C(N)([C@H](CCC3CCCCC3)C(=O)O)CCc3ccccc32)cc1. The molecule has 182 valence electrons. The van der Waals surface area contributed by atoms with Gasteiger partial charge in [0.05, 0.1) is 19.6 Å². The van der Waals surface area contributed by atoms with Crippen LogP contribution in [0, 0.1) is 11.8 Å². The maximum atomic E-state index is 14.1. The van der Waals surface area contributed by atoms with Crippen molar-refractivity contribution in [1.82, 2.24) is 0 Å². The van der Waals surface area contributed by atoms with E-state index in [0.717, 1.165) is 41.8 Å². The van der Waals surface area contributed by atoms with E-state index in [4.69, 9.17) is 10.5 Å². The van der Waals surface area contributed by atoms with Crippen LogP contribution in [0.3, 0.4) is 0 Å². The third kappa shape index (κ3) is 5.12. The van der Waals surface area contributed by atoms with Crippen LogP contribution in [0.15, 0.2) is 48.5 Å². The van der Waals surface area contributed by atoms with Gasteiger partial charge in [0.25, 0.3) is 0 Å². The summed E-state index contributed by atoms with van der Waals surface area (Å²) in [5.74, 6) is -0.901. The number of carbonyl (C=O) groups is 2. The number of carboxylic acid groups (broad SMARTS) is 1. The molecule has 2 atom stereocenters. The van der Waals surface area contributed by atoms with Crippen LogP contribution < -0.4 is 15.4 Å². The minimum Gasteiger partial charge on any atom is -0.497 e. The number of carbonyl (C=O) groups excluding carboxylic acids is 1. The van der Waals surface area contributed by atoms with Crippen molar-refractivity contribution in [1.29, 1.82) is 0 Å². The second-order valence-corrected chi connectivity index (χ2v) is 9.88. The first-order valence-electron chi connectivity index (χ1n) is 12.5. The van der Waals surface area contributed by atoms with Crippen LogP contribution in [0.25, 0.3) is 0 Å². The Hall–Kier alpha value is -2.86. The van der Waals surface area contributed by atoms with Crippen LogP contribution >= 0.6 is 0 Å². The zero-order valence-electron chi connectivity index (χ0n) is 20.0. The number of nitrogens with two attached hydrogens (primary N) is 1. The molecule has 0 bridgehead atoms. The Morgan fingerprint density at radius 3 is 2.53 bits per heavy atom. The molecule has 1 amide bonds. The first kappa shape index (κ1) is 24.3. The molecular formula is C28H36N2O4. The highest BCUT2D eigenvalue weighted by atomic mass is 16.5. The number of anilines is 1. The lowest BCUT2D eigenvalue weighted by Gasteiger charge is -2.37. The maximum Gasteiger partial charge on any atom is 0.308 e. The zero-order chi connectivity index (χ0) is 24.1. The van der Waals surface area contributed by atoms with Gasteiger partial charge < -0.3 is 20.5 Å². The Morgan fingerprint density at radius 2 is 1.85 bits per heavy atom. The normalized spacial score (nSPS) is 22.1. The van der Waals surface area contributed by atoms with Crippen LogP contribution in [0.2, 0.25) is 0 Å². The fourth-order valence-corrected chi connectivity index (χ4v) is 5.67. The summed E-state index contributed by atoms with van der Waals surface area (Å²) in [6.45, 7) is 0.327. The molecule has 1 aliphatic heterocycles. The third-order valence-electron chi connectivity index (χ3n) is 7.74. The Morgan fingerprint density at radius 1 is 1.15 bits per heavy atom. The van der Waals surface area contributed by atoms with Crippen LogP contribution in [0.4, 0.5) is 5.69 Å². The van der Waals surface area contributed by atoms with E-state index in [1.165, 1.54) is 19.3 Å². The number of aliphatic carboxylic acids is 1. The first-order valence-corrected chi connectivity index (χ1v) is 12.5. The summed E-state index contributed by atoms with van der Waals surface area (Å²) in [5.41, 5.74) is 8.15. The quantitative estimate of drug-likeness (QED) is 0.578. The number of carboxylic acids is 1. The third-order valence-corrected chi connectivity index (χ3v) is 7.74. The standard InChI is InChI=1S/C28H36N2O4/c1-34-23-14-11-21(12-15-23)19-30-25-10-6-5-9-22(25)17-18-28(29,27(30)33)24(26(31)32)16-13-20-7-3-2-4-8-20/h5-6,9-12,14-15,20,24H,2-4,7-8,13,16-19,29H2,1H3,(H,31,32)/t24-,28?/m1/s1. The van der Waals surface area contributed by atoms with Crippen LogP contribution in [0.1, 0.15) is 62.5 Å². The molecule has 1 aliphatic carbocycles. The van der Waals surface area contributed by atoms with Crippen molar-refractivity contribution in [3.63, 3.8) is 0 Å². The van der Waals surface area contributed by atoms with Crippen molar-refractivity contribution in [2.45, 2.75) is 69.9 Å². The maximum absolute atomic E-state index is 14.1. The van der Waals surface area contributed by atoms with Crippen molar-refractivity contribution in [3.8, 4) is 5.75 Å². The summed E-state index contributed by atoms with van der Waals surface area (Å²) in [4.78, 5) is 28.2. The van der Waals surface area contributed by atoms with Gasteiger partial charge in [-0.3, -0.25) is 9.59 Å². The molecule has 0 aromatic heterocycles. The van der Waals surface area contributed by atoms with Gasteiger partial charge in [-0.05, 0) is 60.9 Å². The summed E-state index contributed by atoms with van der Waals surface area (Å²) >= 11 is 0. The van der Waals surface area contributed by atoms with Crippen molar-refractivity contribution >= 4 is 17.6 Å². The van der Waals surface area contributed by atoms with Crippen molar-refractivity contribution in [2.24, 2.45) is 17.6 Å². The number of amides is 1. The van der Waals surface area contributed by atoms with E-state index < -0.39 is 17.4 Å². The molecule has 1 heterocycles. The number of rotatable bonds is 8. The topological polar surface area (TPSA) is 92.9 Å². The number of hydrogen-bond donors (Lipinski definition) is 2. The molecule has 1 saturated carbocycles. The molecule has 4 rings (SSSR count). The molecule has 2 aliphatic rings. The summed E-state index contributed by atoms with van der Waals surface area (Å²) in [6.07, 6.45) is 8.12. The van der Waals surface area contributed by atoms with Gasteiger partial charge in [0, 0.05) is 5.69 Å². The summed E-state index contributed by atoms with van der Waals surface area (Å²) in [6, 6.07) is 15.4. The van der Waals surface area contributed by atoms with E-state index in [-0.39, 0.29) is 5.91 Å². The molecule has 3 N–H and O–H groups in total. The van der Waals surface area contributed by atoms with Gasteiger partial charge >= 0.3 is 5.97 Å². The summed E-state index contributed by atoms with van der Waals surface area (Å²) < 4.78 is 5.26. The lowest BCUT2D eigenvalue weighted by molar-refractivity contribution is -0.148. The molecule has 6 heteroatoms. The van der Waals surface area contributed by atoms with E-state index in [1.54, 1.807) is 12.0 Å². The van der Waals surface area contributed by atoms with Crippen molar-refractivity contribution in [2.75, 3.05) is 12.0 Å². The number of para-hydroxylation sites is 1. The van der Waals surface area contributed by atoms with E-state index in [2.05, 4.69) is 0 Å². The number of nitrogens with zero attached hydrogens (tertiary/aromatic N) is 1. The Balaban J connectivity index is 1.63. The number of hydrogen-bond acceptors (Lipinski definition) is 4. The van der Waals surface area contributed by atoms with Crippen molar-refractivity contribution < 1.29 is 19.4 Å². The fraction of sp³-hybridized carbons (Fsp3) is 0.500. The van der Waals surface area contributed by atoms with E-state index in [9.17, 15) is 14.7 Å². The van der Waals surface area contributed by atoms with E-state index in [0.29, 0.717) is 31.7 Å². The molecular weight excluding hydrogens is 428 g/mol.